The van der Waals surface area contributed by atoms with Crippen molar-refractivity contribution in [3.8, 4) is 0 Å². The van der Waals surface area contributed by atoms with Gasteiger partial charge < -0.3 is 9.84 Å². The average Bonchev–Trinajstić information content (AvgIpc) is 2.74. The largest absolute Gasteiger partial charge is 0.478 e. The van der Waals surface area contributed by atoms with E-state index < -0.39 is 5.97 Å². The van der Waals surface area contributed by atoms with Crippen molar-refractivity contribution in [2.75, 3.05) is 13.2 Å². The molecule has 0 amide bonds. The Kier molecular flexibility index (Phi) is 2.02. The Hall–Kier alpha value is -1.36. The van der Waals surface area contributed by atoms with Gasteiger partial charge in [0.2, 0.25) is 0 Å². The number of H-pyrrole nitrogens is 1. The minimum absolute atomic E-state index is 0.161. The maximum Gasteiger partial charge on any atom is 0.339 e. The summed E-state index contributed by atoms with van der Waals surface area (Å²) in [5.74, 6) is -0.774. The third kappa shape index (κ3) is 1.42. The SMILES string of the molecule is O=C(O)c1cn[nH]c1[C@H]1CCOC1. The van der Waals surface area contributed by atoms with E-state index in [9.17, 15) is 4.79 Å². The molecule has 0 radical (unpaired) electrons. The molecule has 2 rings (SSSR count). The number of hydrogen-bond donors (Lipinski definition) is 2. The number of nitrogens with zero attached hydrogens (tertiary/aromatic N) is 1. The van der Waals surface area contributed by atoms with E-state index in [2.05, 4.69) is 10.2 Å². The summed E-state index contributed by atoms with van der Waals surface area (Å²) in [6.07, 6.45) is 2.21. The van der Waals surface area contributed by atoms with Crippen LogP contribution < -0.4 is 0 Å². The minimum Gasteiger partial charge on any atom is -0.478 e. The van der Waals surface area contributed by atoms with Crippen molar-refractivity contribution < 1.29 is 14.6 Å². The number of aromatic carboxylic acids is 1. The van der Waals surface area contributed by atoms with E-state index in [0.29, 0.717) is 18.9 Å². The third-order valence-corrected chi connectivity index (χ3v) is 2.24. The molecular weight excluding hydrogens is 172 g/mol. The smallest absolute Gasteiger partial charge is 0.339 e. The minimum atomic E-state index is -0.935. The second kappa shape index (κ2) is 3.18. The fraction of sp³-hybridized carbons (Fsp3) is 0.500. The molecule has 1 aromatic heterocycles. The predicted octanol–water partition coefficient (Wildman–Crippen LogP) is 0.612. The number of aromatic nitrogens is 2. The van der Waals surface area contributed by atoms with Crippen LogP contribution >= 0.6 is 0 Å². The summed E-state index contributed by atoms with van der Waals surface area (Å²) in [5.41, 5.74) is 0.945. The van der Waals surface area contributed by atoms with Gasteiger partial charge >= 0.3 is 5.97 Å². The van der Waals surface area contributed by atoms with E-state index in [1.165, 1.54) is 6.20 Å². The van der Waals surface area contributed by atoms with Gasteiger partial charge in [0.25, 0.3) is 0 Å². The van der Waals surface area contributed by atoms with Crippen LogP contribution in [0.5, 0.6) is 0 Å². The highest BCUT2D eigenvalue weighted by Crippen LogP contribution is 2.25. The zero-order valence-electron chi connectivity index (χ0n) is 6.99. The van der Waals surface area contributed by atoms with Crippen LogP contribution in [0.15, 0.2) is 6.20 Å². The van der Waals surface area contributed by atoms with Crippen molar-refractivity contribution >= 4 is 5.97 Å². The van der Waals surface area contributed by atoms with Crippen LogP contribution in [-0.4, -0.2) is 34.5 Å². The molecule has 1 aliphatic heterocycles. The molecule has 1 atom stereocenters. The second-order valence-electron chi connectivity index (χ2n) is 3.06. The molecule has 1 saturated heterocycles. The van der Waals surface area contributed by atoms with Gasteiger partial charge in [0.15, 0.2) is 0 Å². The molecular formula is C8H10N2O3. The Bertz CT molecular complexity index is 315. The van der Waals surface area contributed by atoms with Gasteiger partial charge in [-0.25, -0.2) is 4.79 Å². The molecule has 5 heteroatoms. The van der Waals surface area contributed by atoms with Crippen LogP contribution in [0.25, 0.3) is 0 Å². The number of aromatic amines is 1. The zero-order chi connectivity index (χ0) is 9.26. The Morgan fingerprint density at radius 1 is 1.77 bits per heavy atom. The van der Waals surface area contributed by atoms with Crippen LogP contribution in [0.4, 0.5) is 0 Å². The van der Waals surface area contributed by atoms with Crippen LogP contribution in [0.1, 0.15) is 28.4 Å². The van der Waals surface area contributed by atoms with Crippen molar-refractivity contribution in [1.29, 1.82) is 0 Å². The van der Waals surface area contributed by atoms with Gasteiger partial charge in [-0.2, -0.15) is 5.10 Å². The maximum absolute atomic E-state index is 10.7. The zero-order valence-corrected chi connectivity index (χ0v) is 6.99. The molecule has 2 N–H and O–H groups in total. The van der Waals surface area contributed by atoms with Gasteiger partial charge in [-0.1, -0.05) is 0 Å². The molecule has 0 unspecified atom stereocenters. The van der Waals surface area contributed by atoms with Gasteiger partial charge in [-0.05, 0) is 6.42 Å². The first-order chi connectivity index (χ1) is 6.29. The Balaban J connectivity index is 2.28. The van der Waals surface area contributed by atoms with Gasteiger partial charge in [0, 0.05) is 12.5 Å². The molecule has 2 heterocycles. The van der Waals surface area contributed by atoms with Gasteiger partial charge in [0.05, 0.1) is 18.5 Å². The molecule has 13 heavy (non-hydrogen) atoms. The van der Waals surface area contributed by atoms with E-state index >= 15 is 0 Å². The van der Waals surface area contributed by atoms with Crippen molar-refractivity contribution in [1.82, 2.24) is 10.2 Å². The summed E-state index contributed by atoms with van der Waals surface area (Å²) in [6, 6.07) is 0. The van der Waals surface area contributed by atoms with Crippen LogP contribution in [0.3, 0.4) is 0 Å². The number of ether oxygens (including phenoxy) is 1. The standard InChI is InChI=1S/C8H10N2O3/c11-8(12)6-3-9-10-7(6)5-1-2-13-4-5/h3,5H,1-2,4H2,(H,9,10)(H,11,12)/t5-/m0/s1. The van der Waals surface area contributed by atoms with Crippen molar-refractivity contribution in [3.63, 3.8) is 0 Å². The normalized spacial score (nSPS) is 22.0. The average molecular weight is 182 g/mol. The van der Waals surface area contributed by atoms with Gasteiger partial charge in [0.1, 0.15) is 5.56 Å². The van der Waals surface area contributed by atoms with E-state index in [4.69, 9.17) is 9.84 Å². The topological polar surface area (TPSA) is 75.2 Å². The molecule has 5 nitrogen and oxygen atoms in total. The molecule has 0 spiro atoms. The van der Waals surface area contributed by atoms with Crippen LogP contribution in [-0.2, 0) is 4.74 Å². The monoisotopic (exact) mass is 182 g/mol. The summed E-state index contributed by atoms with van der Waals surface area (Å²) < 4.78 is 5.17. The highest BCUT2D eigenvalue weighted by molar-refractivity contribution is 5.88. The second-order valence-corrected chi connectivity index (χ2v) is 3.06. The lowest BCUT2D eigenvalue weighted by molar-refractivity contribution is 0.0695. The number of carboxylic acid groups (broad SMARTS) is 1. The van der Waals surface area contributed by atoms with Crippen LogP contribution in [0, 0.1) is 0 Å². The summed E-state index contributed by atoms with van der Waals surface area (Å²) in [7, 11) is 0. The molecule has 70 valence electrons. The molecule has 0 saturated carbocycles. The Labute approximate surface area is 74.7 Å². The number of carbonyl (C=O) groups is 1. The number of carboxylic acids is 1. The van der Waals surface area contributed by atoms with E-state index in [1.807, 2.05) is 0 Å². The molecule has 1 aromatic rings. The fourth-order valence-corrected chi connectivity index (χ4v) is 1.54. The first-order valence-corrected chi connectivity index (χ1v) is 4.13. The summed E-state index contributed by atoms with van der Waals surface area (Å²) >= 11 is 0. The van der Waals surface area contributed by atoms with Gasteiger partial charge in [-0.3, -0.25) is 5.10 Å². The number of hydrogen-bond acceptors (Lipinski definition) is 3. The lowest BCUT2D eigenvalue weighted by atomic mass is 10.0. The number of nitrogens with one attached hydrogen (secondary N) is 1. The van der Waals surface area contributed by atoms with E-state index in [1.54, 1.807) is 0 Å². The van der Waals surface area contributed by atoms with Crippen LogP contribution in [0.2, 0.25) is 0 Å². The van der Waals surface area contributed by atoms with E-state index in [-0.39, 0.29) is 11.5 Å². The highest BCUT2D eigenvalue weighted by Gasteiger charge is 2.24. The fourth-order valence-electron chi connectivity index (χ4n) is 1.54. The lowest BCUT2D eigenvalue weighted by Gasteiger charge is -2.04. The first kappa shape index (κ1) is 8.25. The summed E-state index contributed by atoms with van der Waals surface area (Å²) in [4.78, 5) is 10.7. The van der Waals surface area contributed by atoms with Crippen molar-refractivity contribution in [2.45, 2.75) is 12.3 Å². The molecule has 1 fully saturated rings. The highest BCUT2D eigenvalue weighted by atomic mass is 16.5. The molecule has 0 bridgehead atoms. The molecule has 1 aliphatic rings. The number of rotatable bonds is 2. The third-order valence-electron chi connectivity index (χ3n) is 2.24. The van der Waals surface area contributed by atoms with E-state index in [0.717, 1.165) is 6.42 Å². The Morgan fingerprint density at radius 3 is 3.23 bits per heavy atom. The Morgan fingerprint density at radius 2 is 2.62 bits per heavy atom. The van der Waals surface area contributed by atoms with Crippen molar-refractivity contribution in [2.24, 2.45) is 0 Å². The molecule has 0 aliphatic carbocycles. The maximum atomic E-state index is 10.7. The van der Waals surface area contributed by atoms with Crippen molar-refractivity contribution in [3.05, 3.63) is 17.5 Å². The van der Waals surface area contributed by atoms with Gasteiger partial charge in [-0.15, -0.1) is 0 Å². The predicted molar refractivity (Wildman–Crippen MR) is 43.7 cm³/mol. The quantitative estimate of drug-likeness (QED) is 0.702. The summed E-state index contributed by atoms with van der Waals surface area (Å²) in [5, 5.41) is 15.3. The first-order valence-electron chi connectivity index (χ1n) is 4.13. The summed E-state index contributed by atoms with van der Waals surface area (Å²) in [6.45, 7) is 1.28. The molecule has 0 aromatic carbocycles. The lowest BCUT2D eigenvalue weighted by Crippen LogP contribution is -2.05.